The minimum Gasteiger partial charge on any atom is -0.497 e. The Balaban J connectivity index is 1.84. The van der Waals surface area contributed by atoms with Crippen LogP contribution in [0, 0.1) is 0 Å². The lowest BCUT2D eigenvalue weighted by molar-refractivity contribution is -0.0179. The van der Waals surface area contributed by atoms with E-state index in [2.05, 4.69) is 5.10 Å². The number of aromatic nitrogens is 2. The Labute approximate surface area is 154 Å². The van der Waals surface area contributed by atoms with Crippen LogP contribution >= 0.6 is 0 Å². The zero-order valence-corrected chi connectivity index (χ0v) is 15.8. The standard InChI is InChI=1S/C20H27N3O3/c1-14(2)23-13-11-17(21-23)19(24)22-12-5-6-18(22)20(3,25)15-7-9-16(26-4)10-8-15/h7-11,13-14,18,25H,5-6,12H2,1-4H3/t18-,20-/m0/s1. The van der Waals surface area contributed by atoms with Gasteiger partial charge < -0.3 is 14.7 Å². The van der Waals surface area contributed by atoms with E-state index in [9.17, 15) is 9.90 Å². The van der Waals surface area contributed by atoms with Crippen molar-refractivity contribution in [1.82, 2.24) is 14.7 Å². The third-order valence-corrected chi connectivity index (χ3v) is 5.19. The second kappa shape index (κ2) is 7.11. The molecule has 0 bridgehead atoms. The minimum atomic E-state index is -1.14. The molecule has 1 aromatic carbocycles. The molecule has 0 saturated carbocycles. The molecule has 1 aliphatic heterocycles. The second-order valence-corrected chi connectivity index (χ2v) is 7.31. The molecule has 1 saturated heterocycles. The number of amides is 1. The zero-order chi connectivity index (χ0) is 18.9. The number of aliphatic hydroxyl groups is 1. The quantitative estimate of drug-likeness (QED) is 0.893. The van der Waals surface area contributed by atoms with Gasteiger partial charge in [-0.3, -0.25) is 9.48 Å². The van der Waals surface area contributed by atoms with Crippen LogP contribution in [0.4, 0.5) is 0 Å². The molecule has 1 amide bonds. The number of benzene rings is 1. The lowest BCUT2D eigenvalue weighted by Gasteiger charge is -2.36. The fourth-order valence-corrected chi connectivity index (χ4v) is 3.60. The smallest absolute Gasteiger partial charge is 0.274 e. The predicted molar refractivity (Wildman–Crippen MR) is 99.2 cm³/mol. The summed E-state index contributed by atoms with van der Waals surface area (Å²) in [6.45, 7) is 6.45. The number of hydrogen-bond acceptors (Lipinski definition) is 4. The number of methoxy groups -OCH3 is 1. The highest BCUT2D eigenvalue weighted by atomic mass is 16.5. The van der Waals surface area contributed by atoms with Crippen molar-refractivity contribution < 1.29 is 14.6 Å². The van der Waals surface area contributed by atoms with Crippen LogP contribution in [-0.4, -0.2) is 45.4 Å². The van der Waals surface area contributed by atoms with E-state index in [1.165, 1.54) is 0 Å². The van der Waals surface area contributed by atoms with Gasteiger partial charge in [0.15, 0.2) is 0 Å². The molecule has 1 fully saturated rings. The summed E-state index contributed by atoms with van der Waals surface area (Å²) in [5.41, 5.74) is 0.0609. The first-order valence-corrected chi connectivity index (χ1v) is 9.07. The average Bonchev–Trinajstić information content (AvgIpc) is 3.31. The van der Waals surface area contributed by atoms with Gasteiger partial charge in [0.2, 0.25) is 0 Å². The molecule has 0 unspecified atom stereocenters. The molecule has 6 nitrogen and oxygen atoms in total. The lowest BCUT2D eigenvalue weighted by atomic mass is 9.86. The van der Waals surface area contributed by atoms with Gasteiger partial charge in [0.1, 0.15) is 17.0 Å². The van der Waals surface area contributed by atoms with Gasteiger partial charge in [0.25, 0.3) is 5.91 Å². The van der Waals surface area contributed by atoms with Crippen molar-refractivity contribution in [2.24, 2.45) is 0 Å². The van der Waals surface area contributed by atoms with Crippen LogP contribution in [0.15, 0.2) is 36.5 Å². The van der Waals surface area contributed by atoms with E-state index < -0.39 is 5.60 Å². The van der Waals surface area contributed by atoms with Crippen LogP contribution in [-0.2, 0) is 5.60 Å². The molecule has 2 heterocycles. The van der Waals surface area contributed by atoms with E-state index >= 15 is 0 Å². The van der Waals surface area contributed by atoms with Crippen molar-refractivity contribution in [3.05, 3.63) is 47.8 Å². The topological polar surface area (TPSA) is 67.6 Å². The number of rotatable bonds is 5. The second-order valence-electron chi connectivity index (χ2n) is 7.31. The maximum atomic E-state index is 13.0. The summed E-state index contributed by atoms with van der Waals surface area (Å²) in [5.74, 6) is 0.615. The monoisotopic (exact) mass is 357 g/mol. The maximum absolute atomic E-state index is 13.0. The number of hydrogen-bond donors (Lipinski definition) is 1. The molecular formula is C20H27N3O3. The molecule has 0 spiro atoms. The van der Waals surface area contributed by atoms with Crippen molar-refractivity contribution in [1.29, 1.82) is 0 Å². The highest BCUT2D eigenvalue weighted by molar-refractivity contribution is 5.92. The van der Waals surface area contributed by atoms with E-state index in [1.807, 2.05) is 44.3 Å². The molecule has 1 aromatic heterocycles. The molecule has 26 heavy (non-hydrogen) atoms. The van der Waals surface area contributed by atoms with Gasteiger partial charge >= 0.3 is 0 Å². The Morgan fingerprint density at radius 2 is 2.00 bits per heavy atom. The zero-order valence-electron chi connectivity index (χ0n) is 15.8. The van der Waals surface area contributed by atoms with Gasteiger partial charge in [-0.1, -0.05) is 12.1 Å². The minimum absolute atomic E-state index is 0.124. The summed E-state index contributed by atoms with van der Waals surface area (Å²) in [6, 6.07) is 9.03. The van der Waals surface area contributed by atoms with Crippen LogP contribution in [0.3, 0.4) is 0 Å². The van der Waals surface area contributed by atoms with Crippen LogP contribution in [0.5, 0.6) is 5.75 Å². The van der Waals surface area contributed by atoms with Crippen molar-refractivity contribution >= 4 is 5.91 Å². The van der Waals surface area contributed by atoms with E-state index in [0.29, 0.717) is 12.2 Å². The summed E-state index contributed by atoms with van der Waals surface area (Å²) in [6.07, 6.45) is 3.45. The Kier molecular flexibility index (Phi) is 5.05. The first kappa shape index (κ1) is 18.5. The van der Waals surface area contributed by atoms with Gasteiger partial charge in [-0.2, -0.15) is 5.10 Å². The molecule has 0 radical (unpaired) electrons. The lowest BCUT2D eigenvalue weighted by Crippen LogP contribution is -2.48. The van der Waals surface area contributed by atoms with Gasteiger partial charge in [0, 0.05) is 18.8 Å². The van der Waals surface area contributed by atoms with E-state index in [1.54, 1.807) is 29.7 Å². The first-order valence-electron chi connectivity index (χ1n) is 9.07. The number of likely N-dealkylation sites (tertiary alicyclic amines) is 1. The molecule has 2 atom stereocenters. The average molecular weight is 357 g/mol. The summed E-state index contributed by atoms with van der Waals surface area (Å²) in [7, 11) is 1.61. The Morgan fingerprint density at radius 3 is 2.58 bits per heavy atom. The molecule has 2 aromatic rings. The predicted octanol–water partition coefficient (Wildman–Crippen LogP) is 2.98. The largest absolute Gasteiger partial charge is 0.497 e. The number of carbonyl (C=O) groups excluding carboxylic acids is 1. The highest BCUT2D eigenvalue weighted by Gasteiger charge is 2.43. The van der Waals surface area contributed by atoms with Gasteiger partial charge in [-0.25, -0.2) is 0 Å². The first-order chi connectivity index (χ1) is 12.3. The Morgan fingerprint density at radius 1 is 1.31 bits per heavy atom. The Bertz CT molecular complexity index is 765. The highest BCUT2D eigenvalue weighted by Crippen LogP contribution is 2.36. The van der Waals surface area contributed by atoms with E-state index in [4.69, 9.17) is 4.74 Å². The number of nitrogens with zero attached hydrogens (tertiary/aromatic N) is 3. The summed E-state index contributed by atoms with van der Waals surface area (Å²) >= 11 is 0. The molecule has 3 rings (SSSR count). The summed E-state index contributed by atoms with van der Waals surface area (Å²) < 4.78 is 6.97. The van der Waals surface area contributed by atoms with Crippen LogP contribution in [0.1, 0.15) is 55.7 Å². The molecular weight excluding hydrogens is 330 g/mol. The summed E-state index contributed by atoms with van der Waals surface area (Å²) in [4.78, 5) is 14.8. The third-order valence-electron chi connectivity index (χ3n) is 5.19. The molecule has 6 heteroatoms. The van der Waals surface area contributed by atoms with Crippen molar-refractivity contribution in [3.63, 3.8) is 0 Å². The maximum Gasteiger partial charge on any atom is 0.274 e. The van der Waals surface area contributed by atoms with Crippen molar-refractivity contribution in [3.8, 4) is 5.75 Å². The van der Waals surface area contributed by atoms with E-state index in [-0.39, 0.29) is 18.0 Å². The van der Waals surface area contributed by atoms with Gasteiger partial charge in [0.05, 0.1) is 13.2 Å². The normalized spacial score (nSPS) is 19.6. The fraction of sp³-hybridized carbons (Fsp3) is 0.500. The van der Waals surface area contributed by atoms with Crippen LogP contribution in [0.2, 0.25) is 0 Å². The molecule has 1 aliphatic rings. The molecule has 1 N–H and O–H groups in total. The van der Waals surface area contributed by atoms with Gasteiger partial charge in [-0.05, 0) is 57.4 Å². The molecule has 140 valence electrons. The van der Waals surface area contributed by atoms with Crippen LogP contribution < -0.4 is 4.74 Å². The Hall–Kier alpha value is -2.34. The number of ether oxygens (including phenoxy) is 1. The molecule has 0 aliphatic carbocycles. The van der Waals surface area contributed by atoms with Crippen LogP contribution in [0.25, 0.3) is 0 Å². The van der Waals surface area contributed by atoms with Gasteiger partial charge in [-0.15, -0.1) is 0 Å². The number of carbonyl (C=O) groups is 1. The SMILES string of the molecule is COc1ccc([C@](C)(O)[C@@H]2CCCN2C(=O)c2ccn(C(C)C)n2)cc1. The van der Waals surface area contributed by atoms with Crippen molar-refractivity contribution in [2.45, 2.75) is 51.3 Å². The van der Waals surface area contributed by atoms with Crippen molar-refractivity contribution in [2.75, 3.05) is 13.7 Å². The third kappa shape index (κ3) is 3.33. The van der Waals surface area contributed by atoms with E-state index in [0.717, 1.165) is 24.2 Å². The summed E-state index contributed by atoms with van der Waals surface area (Å²) in [5, 5.41) is 15.6. The fourth-order valence-electron chi connectivity index (χ4n) is 3.60.